The van der Waals surface area contributed by atoms with Crippen molar-refractivity contribution >= 4 is 10.9 Å². The van der Waals surface area contributed by atoms with Crippen LogP contribution in [0.15, 0.2) is 54.7 Å². The third-order valence-electron chi connectivity index (χ3n) is 3.89. The number of aryl methyl sites for hydroxylation is 1. The van der Waals surface area contributed by atoms with Crippen molar-refractivity contribution in [2.24, 2.45) is 0 Å². The maximum Gasteiger partial charge on any atom is 0.126 e. The van der Waals surface area contributed by atoms with Gasteiger partial charge in [0.2, 0.25) is 0 Å². The molecular weight excluding hydrogens is 265 g/mol. The Labute approximate surface area is 122 Å². The number of fused-ring (bicyclic) bond motifs is 1. The molecule has 0 aliphatic rings. The van der Waals surface area contributed by atoms with Crippen molar-refractivity contribution in [3.05, 3.63) is 77.2 Å². The molecule has 1 N–H and O–H groups in total. The first-order valence-corrected chi connectivity index (χ1v) is 6.83. The number of aliphatic hydroxyl groups is 1. The molecular formula is C18H16FNO. The van der Waals surface area contributed by atoms with Gasteiger partial charge in [-0.15, -0.1) is 0 Å². The van der Waals surface area contributed by atoms with Gasteiger partial charge in [0.25, 0.3) is 0 Å². The maximum absolute atomic E-state index is 13.8. The molecule has 0 radical (unpaired) electrons. The highest BCUT2D eigenvalue weighted by Gasteiger charge is 2.28. The van der Waals surface area contributed by atoms with Crippen LogP contribution in [0.3, 0.4) is 0 Å². The molecule has 2 nitrogen and oxygen atoms in total. The third-order valence-corrected chi connectivity index (χ3v) is 3.89. The average Bonchev–Trinajstić information content (AvgIpc) is 2.49. The number of halogens is 1. The normalized spacial score (nSPS) is 14.1. The molecule has 1 aromatic heterocycles. The molecule has 21 heavy (non-hydrogen) atoms. The Morgan fingerprint density at radius 1 is 1.10 bits per heavy atom. The lowest BCUT2D eigenvalue weighted by Crippen LogP contribution is -2.23. The van der Waals surface area contributed by atoms with E-state index in [1.165, 1.54) is 6.07 Å². The van der Waals surface area contributed by atoms with Crippen molar-refractivity contribution in [1.82, 2.24) is 4.98 Å². The molecule has 0 aliphatic heterocycles. The average molecular weight is 281 g/mol. The maximum atomic E-state index is 13.8. The number of nitrogens with zero attached hydrogens (tertiary/aromatic N) is 1. The smallest absolute Gasteiger partial charge is 0.126 e. The molecule has 1 atom stereocenters. The highest BCUT2D eigenvalue weighted by atomic mass is 19.1. The molecule has 1 heterocycles. The van der Waals surface area contributed by atoms with E-state index in [0.29, 0.717) is 16.7 Å². The highest BCUT2D eigenvalue weighted by Crippen LogP contribution is 2.33. The van der Waals surface area contributed by atoms with Crippen LogP contribution in [-0.2, 0) is 5.60 Å². The van der Waals surface area contributed by atoms with Crippen LogP contribution in [0, 0.1) is 12.7 Å². The molecule has 0 fully saturated rings. The van der Waals surface area contributed by atoms with Crippen molar-refractivity contribution in [2.75, 3.05) is 0 Å². The van der Waals surface area contributed by atoms with E-state index < -0.39 is 5.60 Å². The summed E-state index contributed by atoms with van der Waals surface area (Å²) in [7, 11) is 0. The first-order chi connectivity index (χ1) is 10.00. The molecule has 0 aliphatic carbocycles. The monoisotopic (exact) mass is 281 g/mol. The molecule has 0 spiro atoms. The van der Waals surface area contributed by atoms with Crippen molar-refractivity contribution < 1.29 is 9.50 Å². The van der Waals surface area contributed by atoms with E-state index in [9.17, 15) is 9.50 Å². The van der Waals surface area contributed by atoms with Gasteiger partial charge in [-0.3, -0.25) is 4.98 Å². The Kier molecular flexibility index (Phi) is 3.22. The molecule has 3 heteroatoms. The highest BCUT2D eigenvalue weighted by molar-refractivity contribution is 5.82. The van der Waals surface area contributed by atoms with Gasteiger partial charge in [0, 0.05) is 17.1 Å². The van der Waals surface area contributed by atoms with Gasteiger partial charge in [0.1, 0.15) is 11.4 Å². The van der Waals surface area contributed by atoms with Crippen LogP contribution in [0.4, 0.5) is 4.39 Å². The number of para-hydroxylation sites is 1. The van der Waals surface area contributed by atoms with Crippen molar-refractivity contribution in [3.63, 3.8) is 0 Å². The second-order valence-electron chi connectivity index (χ2n) is 5.42. The minimum absolute atomic E-state index is 0.319. The lowest BCUT2D eigenvalue weighted by molar-refractivity contribution is 0.103. The van der Waals surface area contributed by atoms with Crippen molar-refractivity contribution in [2.45, 2.75) is 19.4 Å². The zero-order chi connectivity index (χ0) is 15.0. The van der Waals surface area contributed by atoms with Crippen molar-refractivity contribution in [1.29, 1.82) is 0 Å². The zero-order valence-electron chi connectivity index (χ0n) is 12.0. The number of benzene rings is 2. The van der Waals surface area contributed by atoms with E-state index >= 15 is 0 Å². The Hall–Kier alpha value is -2.26. The van der Waals surface area contributed by atoms with E-state index in [2.05, 4.69) is 4.98 Å². The molecule has 1 unspecified atom stereocenters. The Bertz CT molecular complexity index is 806. The Morgan fingerprint density at radius 2 is 1.86 bits per heavy atom. The van der Waals surface area contributed by atoms with Gasteiger partial charge in [-0.1, -0.05) is 36.4 Å². The van der Waals surface area contributed by atoms with Crippen LogP contribution in [0.2, 0.25) is 0 Å². The van der Waals surface area contributed by atoms with Gasteiger partial charge in [0.05, 0.1) is 5.52 Å². The third kappa shape index (κ3) is 2.30. The number of hydrogen-bond acceptors (Lipinski definition) is 2. The number of pyridine rings is 1. The predicted octanol–water partition coefficient (Wildman–Crippen LogP) is 3.94. The minimum atomic E-state index is -1.30. The summed E-state index contributed by atoms with van der Waals surface area (Å²) in [6.07, 6.45) is 1.69. The summed E-state index contributed by atoms with van der Waals surface area (Å²) < 4.78 is 13.8. The fourth-order valence-electron chi connectivity index (χ4n) is 2.55. The number of rotatable bonds is 2. The summed E-state index contributed by atoms with van der Waals surface area (Å²) in [4.78, 5) is 4.36. The van der Waals surface area contributed by atoms with Crippen LogP contribution in [0.1, 0.15) is 23.6 Å². The topological polar surface area (TPSA) is 33.1 Å². The van der Waals surface area contributed by atoms with Crippen LogP contribution in [0.5, 0.6) is 0 Å². The second-order valence-corrected chi connectivity index (χ2v) is 5.42. The Morgan fingerprint density at radius 3 is 2.62 bits per heavy atom. The zero-order valence-corrected chi connectivity index (χ0v) is 12.0. The standard InChI is InChI=1S/C18H16FNO/c1-12-8-9-14(11-16(12)19)18(2,21)15-7-3-5-13-6-4-10-20-17(13)15/h3-11,21H,1-2H3. The van der Waals surface area contributed by atoms with E-state index in [-0.39, 0.29) is 5.82 Å². The van der Waals surface area contributed by atoms with Crippen LogP contribution >= 0.6 is 0 Å². The van der Waals surface area contributed by atoms with E-state index in [1.807, 2.05) is 30.3 Å². The molecule has 0 saturated carbocycles. The molecule has 2 aromatic carbocycles. The first-order valence-electron chi connectivity index (χ1n) is 6.83. The molecule has 0 saturated heterocycles. The van der Waals surface area contributed by atoms with Gasteiger partial charge in [-0.25, -0.2) is 4.39 Å². The number of hydrogen-bond donors (Lipinski definition) is 1. The summed E-state index contributed by atoms with van der Waals surface area (Å²) in [5.74, 6) is -0.319. The SMILES string of the molecule is Cc1ccc(C(C)(O)c2cccc3cccnc23)cc1F. The quantitative estimate of drug-likeness (QED) is 0.772. The molecule has 106 valence electrons. The predicted molar refractivity (Wildman–Crippen MR) is 81.6 cm³/mol. The van der Waals surface area contributed by atoms with Crippen molar-refractivity contribution in [3.8, 4) is 0 Å². The molecule has 3 aromatic rings. The van der Waals surface area contributed by atoms with Crippen LogP contribution < -0.4 is 0 Å². The second kappa shape index (κ2) is 4.93. The van der Waals surface area contributed by atoms with E-state index in [0.717, 1.165) is 10.9 Å². The molecule has 0 bridgehead atoms. The number of aromatic nitrogens is 1. The van der Waals surface area contributed by atoms with Gasteiger partial charge < -0.3 is 5.11 Å². The first kappa shape index (κ1) is 13.7. The Balaban J connectivity index is 2.22. The minimum Gasteiger partial charge on any atom is -0.381 e. The van der Waals surface area contributed by atoms with Crippen LogP contribution in [0.25, 0.3) is 10.9 Å². The summed E-state index contributed by atoms with van der Waals surface area (Å²) >= 11 is 0. The largest absolute Gasteiger partial charge is 0.381 e. The van der Waals surface area contributed by atoms with Gasteiger partial charge in [0.15, 0.2) is 0 Å². The van der Waals surface area contributed by atoms with E-state index in [4.69, 9.17) is 0 Å². The van der Waals surface area contributed by atoms with Gasteiger partial charge >= 0.3 is 0 Å². The van der Waals surface area contributed by atoms with E-state index in [1.54, 1.807) is 32.2 Å². The summed E-state index contributed by atoms with van der Waals surface area (Å²) in [6, 6.07) is 14.3. The molecule has 3 rings (SSSR count). The van der Waals surface area contributed by atoms with Crippen LogP contribution in [-0.4, -0.2) is 10.1 Å². The van der Waals surface area contributed by atoms with Gasteiger partial charge in [-0.05, 0) is 37.1 Å². The summed E-state index contributed by atoms with van der Waals surface area (Å²) in [6.45, 7) is 3.37. The lowest BCUT2D eigenvalue weighted by atomic mass is 9.86. The fourth-order valence-corrected chi connectivity index (χ4v) is 2.55. The lowest BCUT2D eigenvalue weighted by Gasteiger charge is -2.25. The fraction of sp³-hybridized carbons (Fsp3) is 0.167. The molecule has 0 amide bonds. The summed E-state index contributed by atoms with van der Waals surface area (Å²) in [5.41, 5.74) is 1.17. The van der Waals surface area contributed by atoms with Gasteiger partial charge in [-0.2, -0.15) is 0 Å². The summed E-state index contributed by atoms with van der Waals surface area (Å²) in [5, 5.41) is 11.9.